The maximum atomic E-state index is 12.5. The fourth-order valence-electron chi connectivity index (χ4n) is 3.26. The first-order valence-electron chi connectivity index (χ1n) is 9.44. The van der Waals surface area contributed by atoms with Crippen molar-refractivity contribution in [2.45, 2.75) is 19.4 Å². The molecule has 3 aromatic rings. The molecule has 1 atom stereocenters. The summed E-state index contributed by atoms with van der Waals surface area (Å²) in [6, 6.07) is 15.0. The summed E-state index contributed by atoms with van der Waals surface area (Å²) in [6.07, 6.45) is 2.22. The van der Waals surface area contributed by atoms with Gasteiger partial charge in [-0.25, -0.2) is 14.8 Å². The van der Waals surface area contributed by atoms with E-state index < -0.39 is 5.97 Å². The van der Waals surface area contributed by atoms with Crippen molar-refractivity contribution in [1.82, 2.24) is 9.97 Å². The maximum Gasteiger partial charge on any atom is 0.343 e. The molecule has 0 bridgehead atoms. The third-order valence-corrected chi connectivity index (χ3v) is 4.87. The summed E-state index contributed by atoms with van der Waals surface area (Å²) in [6.45, 7) is 2.59. The molecule has 0 radical (unpaired) electrons. The van der Waals surface area contributed by atoms with Crippen LogP contribution in [0.15, 0.2) is 54.7 Å². The highest BCUT2D eigenvalue weighted by Crippen LogP contribution is 2.36. The van der Waals surface area contributed by atoms with Crippen LogP contribution in [0.25, 0.3) is 11.4 Å². The second-order valence-corrected chi connectivity index (χ2v) is 7.00. The van der Waals surface area contributed by atoms with Gasteiger partial charge in [0.15, 0.2) is 5.82 Å². The molecule has 0 saturated heterocycles. The third kappa shape index (κ3) is 4.17. The number of ether oxygens (including phenoxy) is 2. The van der Waals surface area contributed by atoms with Crippen molar-refractivity contribution < 1.29 is 14.3 Å². The van der Waals surface area contributed by atoms with Crippen LogP contribution in [0.5, 0.6) is 5.75 Å². The monoisotopic (exact) mass is 409 g/mol. The molecule has 148 valence electrons. The summed E-state index contributed by atoms with van der Waals surface area (Å²) in [5.41, 5.74) is 2.08. The van der Waals surface area contributed by atoms with E-state index in [9.17, 15) is 4.79 Å². The first kappa shape index (κ1) is 19.2. The highest BCUT2D eigenvalue weighted by atomic mass is 35.5. The molecule has 2 heterocycles. The Balaban J connectivity index is 1.73. The van der Waals surface area contributed by atoms with Crippen LogP contribution in [0.2, 0.25) is 5.02 Å². The molecule has 0 amide bonds. The maximum absolute atomic E-state index is 12.5. The molecule has 0 fully saturated rings. The second kappa shape index (κ2) is 8.49. The number of carbonyl (C=O) groups excluding carboxylic acids is 1. The molecule has 1 aliphatic rings. The van der Waals surface area contributed by atoms with Gasteiger partial charge in [0, 0.05) is 28.8 Å². The van der Waals surface area contributed by atoms with E-state index in [1.54, 1.807) is 13.0 Å². The predicted octanol–water partition coefficient (Wildman–Crippen LogP) is 4.91. The Labute approximate surface area is 173 Å². The number of fused-ring (bicyclic) bond motifs is 1. The van der Waals surface area contributed by atoms with Crippen LogP contribution in [0.4, 0.5) is 5.82 Å². The van der Waals surface area contributed by atoms with Gasteiger partial charge >= 0.3 is 5.97 Å². The molecule has 1 unspecified atom stereocenters. The van der Waals surface area contributed by atoms with Gasteiger partial charge in [-0.1, -0.05) is 41.9 Å². The topological polar surface area (TPSA) is 73.3 Å². The first-order valence-corrected chi connectivity index (χ1v) is 9.82. The first-order chi connectivity index (χ1) is 14.2. The average Bonchev–Trinajstić information content (AvgIpc) is 2.75. The van der Waals surface area contributed by atoms with Crippen LogP contribution < -0.4 is 10.1 Å². The molecule has 1 aliphatic heterocycles. The highest BCUT2D eigenvalue weighted by Gasteiger charge is 2.25. The molecule has 0 aliphatic carbocycles. The minimum atomic E-state index is -0.465. The van der Waals surface area contributed by atoms with Gasteiger partial charge in [0.1, 0.15) is 17.1 Å². The highest BCUT2D eigenvalue weighted by molar-refractivity contribution is 6.30. The van der Waals surface area contributed by atoms with Crippen LogP contribution >= 0.6 is 11.6 Å². The second-order valence-electron chi connectivity index (χ2n) is 6.56. The van der Waals surface area contributed by atoms with Crippen molar-refractivity contribution >= 4 is 23.4 Å². The van der Waals surface area contributed by atoms with Crippen LogP contribution in [-0.4, -0.2) is 29.2 Å². The SMILES string of the molecule is CCOC(=O)c1cnc(-c2ccccc2)nc1NC1CCOc2ccc(Cl)cc21. The molecule has 4 rings (SSSR count). The zero-order valence-corrected chi connectivity index (χ0v) is 16.6. The molecule has 7 heteroatoms. The van der Waals surface area contributed by atoms with Gasteiger partial charge in [0.2, 0.25) is 0 Å². The van der Waals surface area contributed by atoms with Crippen molar-refractivity contribution in [2.24, 2.45) is 0 Å². The Morgan fingerprint density at radius 1 is 1.28 bits per heavy atom. The number of hydrogen-bond donors (Lipinski definition) is 1. The number of carbonyl (C=O) groups is 1. The minimum absolute atomic E-state index is 0.107. The summed E-state index contributed by atoms with van der Waals surface area (Å²) >= 11 is 6.19. The number of anilines is 1. The van der Waals surface area contributed by atoms with E-state index >= 15 is 0 Å². The molecule has 1 aromatic heterocycles. The lowest BCUT2D eigenvalue weighted by Gasteiger charge is -2.28. The fraction of sp³-hybridized carbons (Fsp3) is 0.227. The summed E-state index contributed by atoms with van der Waals surface area (Å²) < 4.78 is 10.9. The predicted molar refractivity (Wildman–Crippen MR) is 111 cm³/mol. The van der Waals surface area contributed by atoms with Gasteiger partial charge in [-0.15, -0.1) is 0 Å². The minimum Gasteiger partial charge on any atom is -0.493 e. The molecular formula is C22H20ClN3O3. The largest absolute Gasteiger partial charge is 0.493 e. The van der Waals surface area contributed by atoms with Crippen LogP contribution in [0, 0.1) is 0 Å². The summed E-state index contributed by atoms with van der Waals surface area (Å²) in [7, 11) is 0. The average molecular weight is 410 g/mol. The summed E-state index contributed by atoms with van der Waals surface area (Å²) in [5.74, 6) is 1.26. The van der Waals surface area contributed by atoms with E-state index in [0.29, 0.717) is 35.3 Å². The van der Waals surface area contributed by atoms with Crippen molar-refractivity contribution in [3.8, 4) is 17.1 Å². The van der Waals surface area contributed by atoms with E-state index in [1.165, 1.54) is 6.20 Å². The molecular weight excluding hydrogens is 390 g/mol. The van der Waals surface area contributed by atoms with E-state index in [0.717, 1.165) is 16.9 Å². The van der Waals surface area contributed by atoms with Gasteiger partial charge in [0.05, 0.1) is 19.3 Å². The third-order valence-electron chi connectivity index (χ3n) is 4.64. The van der Waals surface area contributed by atoms with E-state index in [1.807, 2.05) is 42.5 Å². The Hall–Kier alpha value is -3.12. The van der Waals surface area contributed by atoms with Gasteiger partial charge in [-0.2, -0.15) is 0 Å². The van der Waals surface area contributed by atoms with Crippen LogP contribution in [0.1, 0.15) is 35.3 Å². The van der Waals surface area contributed by atoms with Gasteiger partial charge in [-0.3, -0.25) is 0 Å². The number of aromatic nitrogens is 2. The fourth-order valence-corrected chi connectivity index (χ4v) is 3.44. The lowest BCUT2D eigenvalue weighted by Crippen LogP contribution is -2.22. The smallest absolute Gasteiger partial charge is 0.343 e. The Bertz CT molecular complexity index is 1030. The number of nitrogens with one attached hydrogen (secondary N) is 1. The number of esters is 1. The van der Waals surface area contributed by atoms with Crippen molar-refractivity contribution in [3.05, 3.63) is 70.9 Å². The Kier molecular flexibility index (Phi) is 5.62. The lowest BCUT2D eigenvalue weighted by molar-refractivity contribution is 0.0526. The zero-order valence-electron chi connectivity index (χ0n) is 15.9. The number of halogens is 1. The van der Waals surface area contributed by atoms with Crippen molar-refractivity contribution in [1.29, 1.82) is 0 Å². The van der Waals surface area contributed by atoms with Gasteiger partial charge in [-0.05, 0) is 25.1 Å². The quantitative estimate of drug-likeness (QED) is 0.603. The number of nitrogens with zero attached hydrogens (tertiary/aromatic N) is 2. The number of hydrogen-bond acceptors (Lipinski definition) is 6. The molecule has 6 nitrogen and oxygen atoms in total. The zero-order chi connectivity index (χ0) is 20.2. The van der Waals surface area contributed by atoms with Gasteiger partial charge in [0.25, 0.3) is 0 Å². The van der Waals surface area contributed by atoms with Crippen LogP contribution in [0.3, 0.4) is 0 Å². The van der Waals surface area contributed by atoms with Crippen molar-refractivity contribution in [3.63, 3.8) is 0 Å². The number of benzene rings is 2. The van der Waals surface area contributed by atoms with E-state index in [2.05, 4.69) is 15.3 Å². The molecule has 1 N–H and O–H groups in total. The molecule has 0 saturated carbocycles. The normalized spacial score (nSPS) is 15.2. The Morgan fingerprint density at radius 2 is 2.10 bits per heavy atom. The van der Waals surface area contributed by atoms with Gasteiger partial charge < -0.3 is 14.8 Å². The van der Waals surface area contributed by atoms with Crippen LogP contribution in [-0.2, 0) is 4.74 Å². The lowest BCUT2D eigenvalue weighted by atomic mass is 10.0. The number of rotatable bonds is 5. The summed E-state index contributed by atoms with van der Waals surface area (Å²) in [4.78, 5) is 21.5. The molecule has 0 spiro atoms. The molecule has 29 heavy (non-hydrogen) atoms. The van der Waals surface area contributed by atoms with Crippen molar-refractivity contribution in [2.75, 3.05) is 18.5 Å². The van der Waals surface area contributed by atoms with E-state index in [4.69, 9.17) is 21.1 Å². The molecule has 2 aromatic carbocycles. The van der Waals surface area contributed by atoms with E-state index in [-0.39, 0.29) is 12.6 Å². The summed E-state index contributed by atoms with van der Waals surface area (Å²) in [5, 5.41) is 4.02. The Morgan fingerprint density at radius 3 is 2.90 bits per heavy atom. The standard InChI is InChI=1S/C22H20ClN3O3/c1-2-28-22(27)17-13-24-20(14-6-4-3-5-7-14)26-21(17)25-18-10-11-29-19-9-8-15(23)12-16(18)19/h3-9,12-13,18H,2,10-11H2,1H3,(H,24,25,26).